The van der Waals surface area contributed by atoms with Crippen LogP contribution in [0.3, 0.4) is 0 Å². The molecule has 1 aromatic rings. The Bertz CT molecular complexity index is 446. The molecule has 4 nitrogen and oxygen atoms in total. The Morgan fingerprint density at radius 2 is 1.85 bits per heavy atom. The first-order valence-corrected chi connectivity index (χ1v) is 6.99. The van der Waals surface area contributed by atoms with Crippen molar-refractivity contribution in [2.24, 2.45) is 16.8 Å². The summed E-state index contributed by atoms with van der Waals surface area (Å²) in [4.78, 5) is 2.18. The van der Waals surface area contributed by atoms with Gasteiger partial charge in [0, 0.05) is 19.0 Å². The third kappa shape index (κ3) is 4.85. The molecule has 0 aliphatic carbocycles. The zero-order chi connectivity index (χ0) is 15.3. The molecule has 0 aliphatic rings. The minimum Gasteiger partial charge on any atom is -0.409 e. The average Bonchev–Trinajstić information content (AvgIpc) is 2.37. The molecule has 1 aromatic carbocycles. The van der Waals surface area contributed by atoms with Crippen molar-refractivity contribution in [3.05, 3.63) is 35.4 Å². The van der Waals surface area contributed by atoms with E-state index in [4.69, 9.17) is 10.9 Å². The Kier molecular flexibility index (Phi) is 5.57. The van der Waals surface area contributed by atoms with E-state index in [0.717, 1.165) is 13.1 Å². The summed E-state index contributed by atoms with van der Waals surface area (Å²) in [6.45, 7) is 10.2. The second kappa shape index (κ2) is 6.75. The van der Waals surface area contributed by atoms with Gasteiger partial charge in [-0.1, -0.05) is 57.1 Å². The van der Waals surface area contributed by atoms with Gasteiger partial charge in [-0.3, -0.25) is 0 Å². The van der Waals surface area contributed by atoms with Crippen LogP contribution in [0.4, 0.5) is 0 Å². The van der Waals surface area contributed by atoms with Gasteiger partial charge in [-0.2, -0.15) is 0 Å². The lowest BCUT2D eigenvalue weighted by Gasteiger charge is -2.22. The highest BCUT2D eigenvalue weighted by atomic mass is 16.4. The Morgan fingerprint density at radius 1 is 1.30 bits per heavy atom. The number of amidine groups is 1. The van der Waals surface area contributed by atoms with E-state index in [9.17, 15) is 0 Å². The minimum absolute atomic E-state index is 0.0406. The van der Waals surface area contributed by atoms with Gasteiger partial charge in [-0.05, 0) is 23.6 Å². The lowest BCUT2D eigenvalue weighted by Crippen LogP contribution is -2.32. The van der Waals surface area contributed by atoms with Crippen molar-refractivity contribution in [2.75, 3.05) is 13.6 Å². The van der Waals surface area contributed by atoms with Crippen LogP contribution in [0.25, 0.3) is 0 Å². The summed E-state index contributed by atoms with van der Waals surface area (Å²) >= 11 is 0. The van der Waals surface area contributed by atoms with Crippen molar-refractivity contribution < 1.29 is 5.21 Å². The monoisotopic (exact) mass is 277 g/mol. The minimum atomic E-state index is 0.0406. The molecular formula is C16H27N3O. The normalized spacial score (nSPS) is 14.6. The molecule has 3 N–H and O–H groups in total. The molecule has 1 atom stereocenters. The van der Waals surface area contributed by atoms with Crippen LogP contribution in [0.5, 0.6) is 0 Å². The molecule has 0 aliphatic heterocycles. The van der Waals surface area contributed by atoms with Gasteiger partial charge in [0.1, 0.15) is 5.84 Å². The molecule has 0 spiro atoms. The molecule has 0 heterocycles. The number of oxime groups is 1. The maximum absolute atomic E-state index is 8.66. The lowest BCUT2D eigenvalue weighted by molar-refractivity contribution is 0.290. The first-order chi connectivity index (χ1) is 9.24. The van der Waals surface area contributed by atoms with Crippen LogP contribution in [0.1, 0.15) is 38.8 Å². The van der Waals surface area contributed by atoms with Gasteiger partial charge in [0.2, 0.25) is 0 Å². The van der Waals surface area contributed by atoms with Gasteiger partial charge in [0.05, 0.1) is 0 Å². The van der Waals surface area contributed by atoms with E-state index in [0.29, 0.717) is 0 Å². The van der Waals surface area contributed by atoms with E-state index in [1.807, 2.05) is 14.0 Å². The second-order valence-corrected chi connectivity index (χ2v) is 6.57. The summed E-state index contributed by atoms with van der Waals surface area (Å²) in [7, 11) is 2.04. The molecule has 0 aromatic heterocycles. The fourth-order valence-corrected chi connectivity index (χ4v) is 2.15. The number of nitrogens with two attached hydrogens (primary N) is 1. The molecule has 0 amide bonds. The van der Waals surface area contributed by atoms with E-state index in [1.54, 1.807) is 0 Å². The van der Waals surface area contributed by atoms with Gasteiger partial charge in [-0.15, -0.1) is 0 Å². The molecule has 0 bridgehead atoms. The summed E-state index contributed by atoms with van der Waals surface area (Å²) in [5.74, 6) is 0.318. The first-order valence-electron chi connectivity index (χ1n) is 6.99. The van der Waals surface area contributed by atoms with Gasteiger partial charge in [0.15, 0.2) is 0 Å². The summed E-state index contributed by atoms with van der Waals surface area (Å²) in [5.41, 5.74) is 8.40. The van der Waals surface area contributed by atoms with Crippen molar-refractivity contribution in [2.45, 2.75) is 39.7 Å². The Morgan fingerprint density at radius 3 is 2.30 bits per heavy atom. The lowest BCUT2D eigenvalue weighted by atomic mass is 9.87. The van der Waals surface area contributed by atoms with Gasteiger partial charge in [0.25, 0.3) is 0 Å². The standard InChI is InChI=1S/C16H27N3O/c1-12(15(17)18-20)10-19(5)11-13-6-8-14(9-7-13)16(2,3)4/h6-9,12,20H,10-11H2,1-5H3,(H2,17,18). The van der Waals surface area contributed by atoms with E-state index in [-0.39, 0.29) is 17.2 Å². The Balaban J connectivity index is 2.61. The summed E-state index contributed by atoms with van der Waals surface area (Å²) in [6, 6.07) is 8.72. The van der Waals surface area contributed by atoms with Gasteiger partial charge in [-0.25, -0.2) is 0 Å². The Hall–Kier alpha value is -1.55. The number of hydrogen-bond donors (Lipinski definition) is 2. The molecule has 112 valence electrons. The maximum atomic E-state index is 8.66. The summed E-state index contributed by atoms with van der Waals surface area (Å²) in [6.07, 6.45) is 0. The number of nitrogens with zero attached hydrogens (tertiary/aromatic N) is 2. The maximum Gasteiger partial charge on any atom is 0.143 e. The van der Waals surface area contributed by atoms with E-state index < -0.39 is 0 Å². The first kappa shape index (κ1) is 16.5. The molecule has 0 saturated carbocycles. The molecule has 1 rings (SSSR count). The zero-order valence-electron chi connectivity index (χ0n) is 13.2. The third-order valence-electron chi connectivity index (χ3n) is 3.48. The molecule has 0 fully saturated rings. The van der Waals surface area contributed by atoms with Crippen LogP contribution in [-0.2, 0) is 12.0 Å². The quantitative estimate of drug-likeness (QED) is 0.376. The fourth-order valence-electron chi connectivity index (χ4n) is 2.15. The highest BCUT2D eigenvalue weighted by Crippen LogP contribution is 2.22. The smallest absolute Gasteiger partial charge is 0.143 e. The molecule has 4 heteroatoms. The molecule has 0 saturated heterocycles. The second-order valence-electron chi connectivity index (χ2n) is 6.57. The van der Waals surface area contributed by atoms with Crippen LogP contribution in [0, 0.1) is 5.92 Å². The third-order valence-corrected chi connectivity index (χ3v) is 3.48. The average molecular weight is 277 g/mol. The number of rotatable bonds is 5. The topological polar surface area (TPSA) is 61.8 Å². The zero-order valence-corrected chi connectivity index (χ0v) is 13.2. The van der Waals surface area contributed by atoms with Crippen molar-refractivity contribution in [1.29, 1.82) is 0 Å². The molecule has 20 heavy (non-hydrogen) atoms. The van der Waals surface area contributed by atoms with Crippen molar-refractivity contribution in [1.82, 2.24) is 4.90 Å². The van der Waals surface area contributed by atoms with Crippen LogP contribution in [-0.4, -0.2) is 29.5 Å². The van der Waals surface area contributed by atoms with Gasteiger partial charge >= 0.3 is 0 Å². The fraction of sp³-hybridized carbons (Fsp3) is 0.562. The molecule has 1 unspecified atom stereocenters. The summed E-state index contributed by atoms with van der Waals surface area (Å²) in [5, 5.41) is 11.7. The van der Waals surface area contributed by atoms with Crippen molar-refractivity contribution >= 4 is 5.84 Å². The van der Waals surface area contributed by atoms with Crippen LogP contribution in [0.15, 0.2) is 29.4 Å². The number of benzene rings is 1. The van der Waals surface area contributed by atoms with E-state index >= 15 is 0 Å². The highest BCUT2D eigenvalue weighted by molar-refractivity contribution is 5.82. The van der Waals surface area contributed by atoms with Crippen LogP contribution in [0.2, 0.25) is 0 Å². The summed E-state index contributed by atoms with van der Waals surface area (Å²) < 4.78 is 0. The van der Waals surface area contributed by atoms with E-state index in [2.05, 4.69) is 55.1 Å². The largest absolute Gasteiger partial charge is 0.409 e. The Labute approximate surface area is 122 Å². The van der Waals surface area contributed by atoms with Crippen molar-refractivity contribution in [3.63, 3.8) is 0 Å². The molecule has 0 radical (unpaired) electrons. The predicted octanol–water partition coefficient (Wildman–Crippen LogP) is 2.80. The SMILES string of the molecule is CC(CN(C)Cc1ccc(C(C)(C)C)cc1)C(N)=NO. The van der Waals surface area contributed by atoms with Gasteiger partial charge < -0.3 is 15.8 Å². The predicted molar refractivity (Wildman–Crippen MR) is 84.0 cm³/mol. The molecular weight excluding hydrogens is 250 g/mol. The highest BCUT2D eigenvalue weighted by Gasteiger charge is 2.14. The van der Waals surface area contributed by atoms with Crippen LogP contribution < -0.4 is 5.73 Å². The van der Waals surface area contributed by atoms with Crippen LogP contribution >= 0.6 is 0 Å². The van der Waals surface area contributed by atoms with E-state index in [1.165, 1.54) is 11.1 Å². The van der Waals surface area contributed by atoms with Crippen molar-refractivity contribution in [3.8, 4) is 0 Å². The number of hydrogen-bond acceptors (Lipinski definition) is 3.